The van der Waals surface area contributed by atoms with Crippen LogP contribution in [0.3, 0.4) is 0 Å². The summed E-state index contributed by atoms with van der Waals surface area (Å²) in [6.45, 7) is 12.5. The number of hydrogen-bond donors (Lipinski definition) is 0. The van der Waals surface area contributed by atoms with Crippen molar-refractivity contribution in [2.45, 2.75) is 64.7 Å². The SMILES string of the molecule is CC(C)(C)c1ccc(C(=O)C[C@@H](C[N+](=O)[O-])c2ccc(C(C)(C)C)cc2)cc1. The Balaban J connectivity index is 2.22. The Morgan fingerprint density at radius 3 is 1.68 bits per heavy atom. The van der Waals surface area contributed by atoms with Crippen LogP contribution in [0.2, 0.25) is 0 Å². The second-order valence-corrected chi connectivity index (χ2v) is 9.54. The van der Waals surface area contributed by atoms with E-state index < -0.39 is 5.92 Å². The first-order valence-corrected chi connectivity index (χ1v) is 9.74. The maximum atomic E-state index is 12.8. The normalized spacial score (nSPS) is 13.2. The first-order chi connectivity index (χ1) is 12.9. The maximum absolute atomic E-state index is 12.8. The number of hydrogen-bond acceptors (Lipinski definition) is 3. The zero-order chi connectivity index (χ0) is 21.1. The van der Waals surface area contributed by atoms with Gasteiger partial charge in [0.15, 0.2) is 5.78 Å². The van der Waals surface area contributed by atoms with E-state index >= 15 is 0 Å². The number of nitro groups is 1. The zero-order valence-corrected chi connectivity index (χ0v) is 17.8. The quantitative estimate of drug-likeness (QED) is 0.355. The van der Waals surface area contributed by atoms with Crippen LogP contribution in [0, 0.1) is 10.1 Å². The van der Waals surface area contributed by atoms with E-state index in [2.05, 4.69) is 41.5 Å². The van der Waals surface area contributed by atoms with Gasteiger partial charge < -0.3 is 0 Å². The fraction of sp³-hybridized carbons (Fsp3) is 0.458. The van der Waals surface area contributed by atoms with Gasteiger partial charge in [0.1, 0.15) is 0 Å². The fourth-order valence-corrected chi connectivity index (χ4v) is 3.22. The summed E-state index contributed by atoms with van der Waals surface area (Å²) in [6, 6.07) is 15.4. The second kappa shape index (κ2) is 8.26. The number of rotatable bonds is 6. The second-order valence-electron chi connectivity index (χ2n) is 9.54. The number of carbonyl (C=O) groups is 1. The predicted octanol–water partition coefficient (Wildman–Crippen LogP) is 5.91. The smallest absolute Gasteiger partial charge is 0.211 e. The monoisotopic (exact) mass is 381 g/mol. The van der Waals surface area contributed by atoms with Crippen LogP contribution in [0.15, 0.2) is 48.5 Å². The molecule has 0 aliphatic carbocycles. The molecule has 0 aliphatic rings. The van der Waals surface area contributed by atoms with Gasteiger partial charge in [0.2, 0.25) is 6.54 Å². The molecule has 0 amide bonds. The van der Waals surface area contributed by atoms with E-state index in [0.29, 0.717) is 5.56 Å². The molecule has 2 rings (SSSR count). The van der Waals surface area contributed by atoms with Crippen LogP contribution in [0.4, 0.5) is 0 Å². The Kier molecular flexibility index (Phi) is 6.43. The van der Waals surface area contributed by atoms with Crippen LogP contribution in [0.1, 0.15) is 80.9 Å². The molecule has 0 fully saturated rings. The van der Waals surface area contributed by atoms with E-state index in [1.807, 2.05) is 48.5 Å². The van der Waals surface area contributed by atoms with Crippen molar-refractivity contribution in [3.63, 3.8) is 0 Å². The molecule has 0 bridgehead atoms. The van der Waals surface area contributed by atoms with E-state index in [-0.39, 0.29) is 34.5 Å². The molecule has 0 aliphatic heterocycles. The minimum absolute atomic E-state index is 0.0156. The van der Waals surface area contributed by atoms with Gasteiger partial charge in [-0.15, -0.1) is 0 Å². The molecule has 0 heterocycles. The Hall–Kier alpha value is -2.49. The first kappa shape index (κ1) is 21.8. The van der Waals surface area contributed by atoms with Crippen LogP contribution in [0.25, 0.3) is 0 Å². The third kappa shape index (κ3) is 5.75. The van der Waals surface area contributed by atoms with Crippen molar-refractivity contribution in [3.8, 4) is 0 Å². The lowest BCUT2D eigenvalue weighted by Crippen LogP contribution is -2.18. The number of Topliss-reactive ketones (excluding diaryl/α,β-unsaturated/α-hetero) is 1. The Labute approximate surface area is 168 Å². The van der Waals surface area contributed by atoms with E-state index in [0.717, 1.165) is 11.1 Å². The summed E-state index contributed by atoms with van der Waals surface area (Å²) in [6.07, 6.45) is 0.130. The van der Waals surface area contributed by atoms with E-state index in [1.54, 1.807) is 0 Å². The number of ketones is 1. The minimum atomic E-state index is -0.432. The Morgan fingerprint density at radius 2 is 1.29 bits per heavy atom. The van der Waals surface area contributed by atoms with Crippen molar-refractivity contribution in [3.05, 3.63) is 80.9 Å². The van der Waals surface area contributed by atoms with Gasteiger partial charge in [-0.05, 0) is 27.5 Å². The highest BCUT2D eigenvalue weighted by molar-refractivity contribution is 5.96. The lowest BCUT2D eigenvalue weighted by atomic mass is 9.84. The van der Waals surface area contributed by atoms with Crippen molar-refractivity contribution in [2.75, 3.05) is 6.54 Å². The molecule has 0 saturated heterocycles. The highest BCUT2D eigenvalue weighted by Gasteiger charge is 2.23. The average Bonchev–Trinajstić information content (AvgIpc) is 2.59. The summed E-state index contributed by atoms with van der Waals surface area (Å²) in [5, 5.41) is 11.2. The Morgan fingerprint density at radius 1 is 0.857 bits per heavy atom. The van der Waals surface area contributed by atoms with Gasteiger partial charge >= 0.3 is 0 Å². The molecule has 0 spiro atoms. The molecular formula is C24H31NO3. The minimum Gasteiger partial charge on any atom is -0.294 e. The van der Waals surface area contributed by atoms with Crippen LogP contribution in [0.5, 0.6) is 0 Å². The summed E-state index contributed by atoms with van der Waals surface area (Å²) in [5.74, 6) is -0.494. The number of carbonyl (C=O) groups excluding carboxylic acids is 1. The molecule has 2 aromatic carbocycles. The fourth-order valence-electron chi connectivity index (χ4n) is 3.22. The van der Waals surface area contributed by atoms with Gasteiger partial charge in [-0.25, -0.2) is 0 Å². The van der Waals surface area contributed by atoms with Crippen LogP contribution in [-0.4, -0.2) is 17.3 Å². The van der Waals surface area contributed by atoms with Gasteiger partial charge in [0.05, 0.1) is 5.92 Å². The van der Waals surface area contributed by atoms with E-state index in [1.165, 1.54) is 5.56 Å². The topological polar surface area (TPSA) is 60.2 Å². The molecule has 0 saturated carbocycles. The van der Waals surface area contributed by atoms with Crippen molar-refractivity contribution in [1.29, 1.82) is 0 Å². The highest BCUT2D eigenvalue weighted by Crippen LogP contribution is 2.28. The summed E-state index contributed by atoms with van der Waals surface area (Å²) in [4.78, 5) is 23.6. The molecule has 28 heavy (non-hydrogen) atoms. The summed E-state index contributed by atoms with van der Waals surface area (Å²) >= 11 is 0. The molecule has 4 nitrogen and oxygen atoms in total. The molecule has 150 valence electrons. The molecule has 4 heteroatoms. The summed E-state index contributed by atoms with van der Waals surface area (Å²) in [7, 11) is 0. The molecular weight excluding hydrogens is 350 g/mol. The van der Waals surface area contributed by atoms with Gasteiger partial charge in [0, 0.05) is 16.9 Å². The molecule has 0 unspecified atom stereocenters. The van der Waals surface area contributed by atoms with E-state index in [9.17, 15) is 14.9 Å². The summed E-state index contributed by atoms with van der Waals surface area (Å²) < 4.78 is 0. The van der Waals surface area contributed by atoms with Crippen molar-refractivity contribution in [2.24, 2.45) is 0 Å². The zero-order valence-electron chi connectivity index (χ0n) is 17.8. The van der Waals surface area contributed by atoms with Crippen molar-refractivity contribution < 1.29 is 9.72 Å². The van der Waals surface area contributed by atoms with Gasteiger partial charge in [-0.2, -0.15) is 0 Å². The molecule has 0 N–H and O–H groups in total. The molecule has 2 aromatic rings. The lowest BCUT2D eigenvalue weighted by molar-refractivity contribution is -0.483. The van der Waals surface area contributed by atoms with Crippen molar-refractivity contribution in [1.82, 2.24) is 0 Å². The molecule has 1 atom stereocenters. The van der Waals surface area contributed by atoms with Gasteiger partial charge in [0.25, 0.3) is 0 Å². The van der Waals surface area contributed by atoms with Gasteiger partial charge in [-0.3, -0.25) is 14.9 Å². The third-order valence-corrected chi connectivity index (χ3v) is 5.12. The lowest BCUT2D eigenvalue weighted by Gasteiger charge is -2.21. The van der Waals surface area contributed by atoms with Crippen LogP contribution in [-0.2, 0) is 10.8 Å². The van der Waals surface area contributed by atoms with Gasteiger partial charge in [-0.1, -0.05) is 90.1 Å². The molecule has 0 aromatic heterocycles. The average molecular weight is 382 g/mol. The third-order valence-electron chi connectivity index (χ3n) is 5.12. The number of nitrogens with zero attached hydrogens (tertiary/aromatic N) is 1. The van der Waals surface area contributed by atoms with Crippen LogP contribution < -0.4 is 0 Å². The first-order valence-electron chi connectivity index (χ1n) is 9.74. The highest BCUT2D eigenvalue weighted by atomic mass is 16.6. The van der Waals surface area contributed by atoms with Crippen LogP contribution >= 0.6 is 0 Å². The Bertz CT molecular complexity index is 822. The standard InChI is InChI=1S/C24H31NO3/c1-23(2,3)20-11-7-17(8-12-20)19(16-25(27)28)15-22(26)18-9-13-21(14-10-18)24(4,5)6/h7-14,19H,15-16H2,1-6H3/t19-/m0/s1. The van der Waals surface area contributed by atoms with Crippen molar-refractivity contribution >= 4 is 5.78 Å². The number of benzene rings is 2. The van der Waals surface area contributed by atoms with E-state index in [4.69, 9.17) is 0 Å². The summed E-state index contributed by atoms with van der Waals surface area (Å²) in [5.41, 5.74) is 3.80. The predicted molar refractivity (Wildman–Crippen MR) is 114 cm³/mol. The molecule has 0 radical (unpaired) electrons. The largest absolute Gasteiger partial charge is 0.294 e. The maximum Gasteiger partial charge on any atom is 0.211 e.